The first-order valence-corrected chi connectivity index (χ1v) is 8.89. The molecule has 4 N–H and O–H groups in total. The van der Waals surface area contributed by atoms with Gasteiger partial charge in [-0.3, -0.25) is 9.00 Å². The van der Waals surface area contributed by atoms with E-state index in [1.165, 1.54) is 25.5 Å². The first-order valence-electron chi connectivity index (χ1n) is 7.33. The highest BCUT2D eigenvalue weighted by atomic mass is 32.2. The van der Waals surface area contributed by atoms with E-state index in [-0.39, 0.29) is 18.1 Å². The number of amides is 1. The molecule has 1 aromatic rings. The third kappa shape index (κ3) is 4.01. The van der Waals surface area contributed by atoms with Crippen LogP contribution >= 0.6 is 0 Å². The minimum Gasteiger partial charge on any atom is -0.496 e. The maximum atomic E-state index is 12.6. The SMILES string of the molecule is COc1cc(N)c(S(C)=O)cc1C(=O)N[C@@H]1CCNC[C@@H]1OC. The Hall–Kier alpha value is -1.64. The fourth-order valence-corrected chi connectivity index (χ4v) is 3.33. The summed E-state index contributed by atoms with van der Waals surface area (Å²) in [4.78, 5) is 13.1. The highest BCUT2D eigenvalue weighted by molar-refractivity contribution is 7.84. The maximum absolute atomic E-state index is 12.6. The summed E-state index contributed by atoms with van der Waals surface area (Å²) in [5.41, 5.74) is 6.52. The van der Waals surface area contributed by atoms with Gasteiger partial charge < -0.3 is 25.8 Å². The van der Waals surface area contributed by atoms with Crippen molar-refractivity contribution in [2.45, 2.75) is 23.5 Å². The lowest BCUT2D eigenvalue weighted by atomic mass is 10.0. The van der Waals surface area contributed by atoms with Crippen molar-refractivity contribution in [3.05, 3.63) is 17.7 Å². The van der Waals surface area contributed by atoms with Gasteiger partial charge in [-0.15, -0.1) is 0 Å². The number of piperidine rings is 1. The predicted molar refractivity (Wildman–Crippen MR) is 89.3 cm³/mol. The van der Waals surface area contributed by atoms with Crippen molar-refractivity contribution in [1.29, 1.82) is 0 Å². The largest absolute Gasteiger partial charge is 0.496 e. The van der Waals surface area contributed by atoms with E-state index < -0.39 is 10.8 Å². The summed E-state index contributed by atoms with van der Waals surface area (Å²) in [6.07, 6.45) is 2.20. The Kier molecular flexibility index (Phi) is 5.97. The van der Waals surface area contributed by atoms with Gasteiger partial charge in [-0.1, -0.05) is 0 Å². The number of methoxy groups -OCH3 is 2. The second kappa shape index (κ2) is 7.76. The molecule has 8 heteroatoms. The molecule has 3 atom stereocenters. The third-order valence-electron chi connectivity index (χ3n) is 3.93. The van der Waals surface area contributed by atoms with Crippen molar-refractivity contribution in [2.75, 3.05) is 39.3 Å². The Morgan fingerprint density at radius 2 is 2.17 bits per heavy atom. The minimum atomic E-state index is -1.29. The van der Waals surface area contributed by atoms with Crippen LogP contribution in [0.15, 0.2) is 17.0 Å². The zero-order valence-corrected chi connectivity index (χ0v) is 14.4. The Balaban J connectivity index is 2.27. The van der Waals surface area contributed by atoms with Crippen LogP contribution in [0.25, 0.3) is 0 Å². The molecule has 1 aliphatic rings. The van der Waals surface area contributed by atoms with Gasteiger partial charge >= 0.3 is 0 Å². The van der Waals surface area contributed by atoms with E-state index >= 15 is 0 Å². The molecule has 0 spiro atoms. The Bertz CT molecular complexity index is 609. The molecule has 7 nitrogen and oxygen atoms in total. The lowest BCUT2D eigenvalue weighted by Crippen LogP contribution is -2.53. The summed E-state index contributed by atoms with van der Waals surface area (Å²) in [7, 11) is 1.80. The summed E-state index contributed by atoms with van der Waals surface area (Å²) >= 11 is 0. The summed E-state index contributed by atoms with van der Waals surface area (Å²) < 4.78 is 22.4. The van der Waals surface area contributed by atoms with Crippen molar-refractivity contribution >= 4 is 22.4 Å². The molecule has 1 saturated heterocycles. The smallest absolute Gasteiger partial charge is 0.255 e. The molecule has 0 radical (unpaired) electrons. The van der Waals surface area contributed by atoms with Gasteiger partial charge in [-0.25, -0.2) is 0 Å². The second-order valence-electron chi connectivity index (χ2n) is 5.39. The Labute approximate surface area is 138 Å². The number of carbonyl (C=O) groups excluding carboxylic acids is 1. The summed E-state index contributed by atoms with van der Waals surface area (Å²) in [5.74, 6) is 0.0691. The van der Waals surface area contributed by atoms with E-state index in [1.807, 2.05) is 0 Å². The van der Waals surface area contributed by atoms with Gasteiger partial charge in [0.05, 0.1) is 46.2 Å². The third-order valence-corrected chi connectivity index (χ3v) is 4.90. The molecule has 1 aromatic carbocycles. The average molecular weight is 341 g/mol. The van der Waals surface area contributed by atoms with Gasteiger partial charge in [0.15, 0.2) is 0 Å². The van der Waals surface area contributed by atoms with Crippen LogP contribution in [-0.4, -0.2) is 55.8 Å². The molecule has 1 fully saturated rings. The molecule has 1 unspecified atom stereocenters. The van der Waals surface area contributed by atoms with Gasteiger partial charge in [0.25, 0.3) is 5.91 Å². The van der Waals surface area contributed by atoms with Gasteiger partial charge in [0, 0.05) is 26.0 Å². The Morgan fingerprint density at radius 3 is 2.78 bits per heavy atom. The molecular weight excluding hydrogens is 318 g/mol. The average Bonchev–Trinajstić information content (AvgIpc) is 2.54. The van der Waals surface area contributed by atoms with Crippen molar-refractivity contribution in [3.63, 3.8) is 0 Å². The van der Waals surface area contributed by atoms with Crippen LogP contribution in [0, 0.1) is 0 Å². The number of hydrogen-bond acceptors (Lipinski definition) is 6. The number of benzene rings is 1. The van der Waals surface area contributed by atoms with Crippen LogP contribution in [0.1, 0.15) is 16.8 Å². The Morgan fingerprint density at radius 1 is 1.43 bits per heavy atom. The fraction of sp³-hybridized carbons (Fsp3) is 0.533. The standard InChI is InChI=1S/C15H23N3O4S/c1-21-12-7-10(16)14(23(3)20)6-9(12)15(19)18-11-4-5-17-8-13(11)22-2/h6-7,11,13,17H,4-5,8,16H2,1-3H3,(H,18,19)/t11-,13+,23?/m1/s1. The lowest BCUT2D eigenvalue weighted by molar-refractivity contribution is 0.0476. The minimum absolute atomic E-state index is 0.0905. The molecule has 128 valence electrons. The lowest BCUT2D eigenvalue weighted by Gasteiger charge is -2.31. The number of nitrogens with one attached hydrogen (secondary N) is 2. The number of nitrogens with two attached hydrogens (primary N) is 1. The van der Waals surface area contributed by atoms with Crippen molar-refractivity contribution in [2.24, 2.45) is 0 Å². The van der Waals surface area contributed by atoms with Crippen LogP contribution in [-0.2, 0) is 15.5 Å². The topological polar surface area (TPSA) is 103 Å². The highest BCUT2D eigenvalue weighted by Gasteiger charge is 2.27. The maximum Gasteiger partial charge on any atom is 0.255 e. The van der Waals surface area contributed by atoms with Crippen LogP contribution < -0.4 is 21.1 Å². The molecule has 23 heavy (non-hydrogen) atoms. The summed E-state index contributed by atoms with van der Waals surface area (Å²) in [6.45, 7) is 1.50. The van der Waals surface area contributed by atoms with E-state index in [0.29, 0.717) is 28.4 Å². The number of anilines is 1. The first kappa shape index (κ1) is 17.7. The zero-order chi connectivity index (χ0) is 17.0. The zero-order valence-electron chi connectivity index (χ0n) is 13.5. The van der Waals surface area contributed by atoms with Crippen LogP contribution in [0.4, 0.5) is 5.69 Å². The van der Waals surface area contributed by atoms with Crippen molar-refractivity contribution < 1.29 is 18.5 Å². The second-order valence-corrected chi connectivity index (χ2v) is 6.74. The van der Waals surface area contributed by atoms with Gasteiger partial charge in [-0.05, 0) is 19.0 Å². The van der Waals surface area contributed by atoms with E-state index in [1.54, 1.807) is 7.11 Å². The molecule has 1 aliphatic heterocycles. The van der Waals surface area contributed by atoms with Crippen LogP contribution in [0.2, 0.25) is 0 Å². The molecule has 2 rings (SSSR count). The molecular formula is C15H23N3O4S. The molecule has 0 saturated carbocycles. The van der Waals surface area contributed by atoms with Gasteiger partial charge in [0.2, 0.25) is 0 Å². The monoisotopic (exact) mass is 341 g/mol. The summed E-state index contributed by atoms with van der Waals surface area (Å²) in [5, 5.41) is 6.20. The molecule has 0 bridgehead atoms. The predicted octanol–water partition coefficient (Wildman–Crippen LogP) is 0.122. The van der Waals surface area contributed by atoms with Crippen molar-refractivity contribution in [3.8, 4) is 5.75 Å². The fourth-order valence-electron chi connectivity index (χ4n) is 2.66. The number of ether oxygens (including phenoxy) is 2. The number of rotatable bonds is 5. The molecule has 0 aliphatic carbocycles. The van der Waals surface area contributed by atoms with E-state index in [4.69, 9.17) is 15.2 Å². The molecule has 1 heterocycles. The van der Waals surface area contributed by atoms with E-state index in [2.05, 4.69) is 10.6 Å². The number of carbonyl (C=O) groups is 1. The first-order chi connectivity index (χ1) is 11.0. The molecule has 1 amide bonds. The number of hydrogen-bond donors (Lipinski definition) is 3. The number of nitrogen functional groups attached to an aromatic ring is 1. The van der Waals surface area contributed by atoms with Crippen LogP contribution in [0.5, 0.6) is 5.75 Å². The van der Waals surface area contributed by atoms with E-state index in [0.717, 1.165) is 13.0 Å². The van der Waals surface area contributed by atoms with Crippen LogP contribution in [0.3, 0.4) is 0 Å². The van der Waals surface area contributed by atoms with Gasteiger partial charge in [-0.2, -0.15) is 0 Å². The summed E-state index contributed by atoms with van der Waals surface area (Å²) in [6, 6.07) is 2.97. The van der Waals surface area contributed by atoms with Crippen molar-refractivity contribution in [1.82, 2.24) is 10.6 Å². The molecule has 0 aromatic heterocycles. The van der Waals surface area contributed by atoms with E-state index in [9.17, 15) is 9.00 Å². The normalized spacial score (nSPS) is 22.4. The quantitative estimate of drug-likeness (QED) is 0.658. The highest BCUT2D eigenvalue weighted by Crippen LogP contribution is 2.27. The van der Waals surface area contributed by atoms with Gasteiger partial charge in [0.1, 0.15) is 5.75 Å².